The number of ether oxygens (including phenoxy) is 1. The van der Waals surface area contributed by atoms with E-state index in [0.29, 0.717) is 22.1 Å². The summed E-state index contributed by atoms with van der Waals surface area (Å²) in [6, 6.07) is 14.1. The summed E-state index contributed by atoms with van der Waals surface area (Å²) in [5.74, 6) is 0.379. The molecule has 6 nitrogen and oxygen atoms in total. The van der Waals surface area contributed by atoms with Crippen molar-refractivity contribution < 1.29 is 18.7 Å². The van der Waals surface area contributed by atoms with Gasteiger partial charge in [-0.1, -0.05) is 11.6 Å². The fourth-order valence-corrected chi connectivity index (χ4v) is 2.48. The maximum atomic E-state index is 12.2. The molecule has 0 aliphatic rings. The van der Waals surface area contributed by atoms with Gasteiger partial charge in [0.05, 0.1) is 12.1 Å². The van der Waals surface area contributed by atoms with Crippen molar-refractivity contribution in [3.63, 3.8) is 0 Å². The number of rotatable bonds is 6. The van der Waals surface area contributed by atoms with Gasteiger partial charge in [-0.15, -0.1) is 0 Å². The minimum atomic E-state index is -0.590. The van der Waals surface area contributed by atoms with Crippen molar-refractivity contribution in [1.82, 2.24) is 9.88 Å². The van der Waals surface area contributed by atoms with E-state index in [0.717, 1.165) is 5.56 Å². The molecule has 138 valence electrons. The number of hydrogen-bond acceptors (Lipinski definition) is 5. The molecule has 2 aromatic heterocycles. The molecule has 3 aromatic rings. The van der Waals surface area contributed by atoms with Crippen molar-refractivity contribution >= 4 is 23.5 Å². The minimum absolute atomic E-state index is 0.261. The van der Waals surface area contributed by atoms with Crippen LogP contribution in [-0.4, -0.2) is 35.4 Å². The molecule has 0 saturated heterocycles. The number of furan rings is 1. The van der Waals surface area contributed by atoms with Gasteiger partial charge in [0, 0.05) is 30.0 Å². The molecule has 0 bridgehead atoms. The number of amides is 1. The molecule has 27 heavy (non-hydrogen) atoms. The van der Waals surface area contributed by atoms with Gasteiger partial charge in [-0.05, 0) is 48.5 Å². The lowest BCUT2D eigenvalue weighted by molar-refractivity contribution is -0.133. The number of halogens is 1. The summed E-state index contributed by atoms with van der Waals surface area (Å²) in [6.45, 7) is -0.0914. The molecule has 0 aliphatic heterocycles. The topological polar surface area (TPSA) is 72.6 Å². The summed E-state index contributed by atoms with van der Waals surface area (Å²) in [4.78, 5) is 29.3. The SMILES string of the molecule is CN(Cc1ccc(-c2ccc(Cl)cc2)o1)C(=O)COC(=O)c1cccnc1. The second-order valence-corrected chi connectivity index (χ2v) is 6.28. The number of likely N-dealkylation sites (N-methyl/N-ethyl adjacent to an activating group) is 1. The Labute approximate surface area is 161 Å². The van der Waals surface area contributed by atoms with Crippen molar-refractivity contribution in [2.75, 3.05) is 13.7 Å². The molecule has 0 saturated carbocycles. The van der Waals surface area contributed by atoms with Crippen LogP contribution < -0.4 is 0 Å². The van der Waals surface area contributed by atoms with E-state index in [1.54, 1.807) is 43.6 Å². The van der Waals surface area contributed by atoms with Crippen molar-refractivity contribution in [2.45, 2.75) is 6.54 Å². The van der Waals surface area contributed by atoms with Crippen molar-refractivity contribution in [3.05, 3.63) is 77.3 Å². The molecule has 3 rings (SSSR count). The quantitative estimate of drug-likeness (QED) is 0.604. The van der Waals surface area contributed by atoms with Gasteiger partial charge in [0.1, 0.15) is 11.5 Å². The first-order chi connectivity index (χ1) is 13.0. The van der Waals surface area contributed by atoms with Gasteiger partial charge in [0.15, 0.2) is 6.61 Å². The molecule has 1 aromatic carbocycles. The fourth-order valence-electron chi connectivity index (χ4n) is 2.36. The second-order valence-electron chi connectivity index (χ2n) is 5.84. The zero-order valence-electron chi connectivity index (χ0n) is 14.6. The highest BCUT2D eigenvalue weighted by molar-refractivity contribution is 6.30. The fraction of sp³-hybridized carbons (Fsp3) is 0.150. The van der Waals surface area contributed by atoms with Crippen molar-refractivity contribution in [1.29, 1.82) is 0 Å². The molecule has 7 heteroatoms. The van der Waals surface area contributed by atoms with Gasteiger partial charge in [-0.3, -0.25) is 9.78 Å². The van der Waals surface area contributed by atoms with Gasteiger partial charge in [0.25, 0.3) is 5.91 Å². The highest BCUT2D eigenvalue weighted by Crippen LogP contribution is 2.24. The van der Waals surface area contributed by atoms with Crippen LogP contribution in [-0.2, 0) is 16.1 Å². The van der Waals surface area contributed by atoms with E-state index in [2.05, 4.69) is 4.98 Å². The maximum Gasteiger partial charge on any atom is 0.340 e. The van der Waals surface area contributed by atoms with Crippen LogP contribution in [0.4, 0.5) is 0 Å². The average molecular weight is 385 g/mol. The van der Waals surface area contributed by atoms with Gasteiger partial charge in [-0.2, -0.15) is 0 Å². The second kappa shape index (κ2) is 8.51. The van der Waals surface area contributed by atoms with Crippen molar-refractivity contribution in [2.24, 2.45) is 0 Å². The van der Waals surface area contributed by atoms with Gasteiger partial charge >= 0.3 is 5.97 Å². The summed E-state index contributed by atoms with van der Waals surface area (Å²) in [5, 5.41) is 0.650. The molecule has 1 amide bonds. The van der Waals surface area contributed by atoms with Crippen LogP contribution in [0.25, 0.3) is 11.3 Å². The maximum absolute atomic E-state index is 12.2. The Bertz CT molecular complexity index is 923. The summed E-state index contributed by atoms with van der Waals surface area (Å²) < 4.78 is 10.8. The Morgan fingerprint density at radius 1 is 1.15 bits per heavy atom. The van der Waals surface area contributed by atoms with Crippen LogP contribution in [0.5, 0.6) is 0 Å². The molecule has 0 fully saturated rings. The third kappa shape index (κ3) is 4.95. The Kier molecular flexibility index (Phi) is 5.88. The van der Waals surface area contributed by atoms with Crippen LogP contribution in [0.15, 0.2) is 65.3 Å². The smallest absolute Gasteiger partial charge is 0.340 e. The number of aromatic nitrogens is 1. The summed E-state index contributed by atoms with van der Waals surface area (Å²) in [6.07, 6.45) is 2.94. The zero-order valence-corrected chi connectivity index (χ0v) is 15.3. The van der Waals surface area contributed by atoms with E-state index in [-0.39, 0.29) is 19.1 Å². The predicted octanol–water partition coefficient (Wildman–Crippen LogP) is 3.81. The summed E-state index contributed by atoms with van der Waals surface area (Å²) in [7, 11) is 1.62. The molecule has 0 N–H and O–H groups in total. The van der Waals surface area contributed by atoms with Gasteiger partial charge in [-0.25, -0.2) is 4.79 Å². The van der Waals surface area contributed by atoms with Crippen LogP contribution in [0, 0.1) is 0 Å². The molecule has 0 atom stereocenters. The largest absolute Gasteiger partial charge is 0.459 e. The first-order valence-electron chi connectivity index (χ1n) is 8.18. The van der Waals surface area contributed by atoms with Crippen LogP contribution in [0.2, 0.25) is 5.02 Å². The molecule has 2 heterocycles. The number of pyridine rings is 1. The Hall–Kier alpha value is -3.12. The van der Waals surface area contributed by atoms with E-state index in [1.165, 1.54) is 11.1 Å². The molecule has 0 aliphatic carbocycles. The Balaban J connectivity index is 1.54. The number of benzene rings is 1. The van der Waals surface area contributed by atoms with E-state index >= 15 is 0 Å². The third-order valence-electron chi connectivity index (χ3n) is 3.83. The zero-order chi connectivity index (χ0) is 19.2. The molecular weight excluding hydrogens is 368 g/mol. The number of carbonyl (C=O) groups is 2. The molecule has 0 unspecified atom stereocenters. The van der Waals surface area contributed by atoms with E-state index in [1.807, 2.05) is 18.2 Å². The van der Waals surface area contributed by atoms with E-state index in [9.17, 15) is 9.59 Å². The highest BCUT2D eigenvalue weighted by atomic mass is 35.5. The molecule has 0 radical (unpaired) electrons. The minimum Gasteiger partial charge on any atom is -0.459 e. The standard InChI is InChI=1S/C20H17ClN2O4/c1-23(19(24)13-26-20(25)15-3-2-10-22-11-15)12-17-8-9-18(27-17)14-4-6-16(21)7-5-14/h2-11H,12-13H2,1H3. The van der Waals surface area contributed by atoms with E-state index < -0.39 is 5.97 Å². The summed E-state index contributed by atoms with van der Waals surface area (Å²) >= 11 is 5.89. The number of carbonyl (C=O) groups excluding carboxylic acids is 2. The number of nitrogens with zero attached hydrogens (tertiary/aromatic N) is 2. The first-order valence-corrected chi connectivity index (χ1v) is 8.56. The summed E-state index contributed by atoms with van der Waals surface area (Å²) in [5.41, 5.74) is 1.19. The monoisotopic (exact) mass is 384 g/mol. The predicted molar refractivity (Wildman–Crippen MR) is 100 cm³/mol. The van der Waals surface area contributed by atoms with Crippen LogP contribution >= 0.6 is 11.6 Å². The lowest BCUT2D eigenvalue weighted by Gasteiger charge is -2.15. The lowest BCUT2D eigenvalue weighted by atomic mass is 10.2. The third-order valence-corrected chi connectivity index (χ3v) is 4.09. The normalized spacial score (nSPS) is 10.4. The molecular formula is C20H17ClN2O4. The van der Waals surface area contributed by atoms with Crippen LogP contribution in [0.1, 0.15) is 16.1 Å². The Morgan fingerprint density at radius 3 is 2.63 bits per heavy atom. The Morgan fingerprint density at radius 2 is 1.93 bits per heavy atom. The first kappa shape index (κ1) is 18.7. The van der Waals surface area contributed by atoms with Gasteiger partial charge in [0.2, 0.25) is 0 Å². The molecule has 0 spiro atoms. The number of hydrogen-bond donors (Lipinski definition) is 0. The van der Waals surface area contributed by atoms with Crippen molar-refractivity contribution in [3.8, 4) is 11.3 Å². The van der Waals surface area contributed by atoms with Gasteiger partial charge < -0.3 is 14.1 Å². The van der Waals surface area contributed by atoms with E-state index in [4.69, 9.17) is 20.8 Å². The number of esters is 1. The highest BCUT2D eigenvalue weighted by Gasteiger charge is 2.15. The average Bonchev–Trinajstić information content (AvgIpc) is 3.15. The van der Waals surface area contributed by atoms with Crippen LogP contribution in [0.3, 0.4) is 0 Å². The lowest BCUT2D eigenvalue weighted by Crippen LogP contribution is -2.30.